The molecule has 3 aromatic carbocycles. The maximum atomic E-state index is 13.4. The van der Waals surface area contributed by atoms with Crippen LogP contribution in [0.4, 0.5) is 11.4 Å². The smallest absolute Gasteiger partial charge is 0.303 e. The van der Waals surface area contributed by atoms with E-state index in [0.29, 0.717) is 34.0 Å². The lowest BCUT2D eigenvalue weighted by atomic mass is 10.1. The Morgan fingerprint density at radius 3 is 2.26 bits per heavy atom. The normalized spacial score (nSPS) is 10.4. The maximum absolute atomic E-state index is 13.4. The molecular weight excluding hydrogens is 490 g/mol. The molecule has 0 spiro atoms. The van der Waals surface area contributed by atoms with Crippen molar-refractivity contribution in [2.75, 3.05) is 31.5 Å². The fourth-order valence-electron chi connectivity index (χ4n) is 3.54. The SMILES string of the molecule is COc1ccc(OC)c(NC(=O)c2nc(-c3ccccc3)oc2-c2ccc(NC(=O)COC(C)=O)cc2)c1. The number of esters is 1. The Balaban J connectivity index is 1.66. The lowest BCUT2D eigenvalue weighted by molar-refractivity contribution is -0.144. The van der Waals surface area contributed by atoms with E-state index in [1.54, 1.807) is 42.5 Å². The average Bonchev–Trinajstić information content (AvgIpc) is 3.38. The minimum Gasteiger partial charge on any atom is -0.497 e. The van der Waals surface area contributed by atoms with Crippen molar-refractivity contribution in [1.29, 1.82) is 0 Å². The number of nitrogens with one attached hydrogen (secondary N) is 2. The predicted octanol–water partition coefficient (Wildman–Crippen LogP) is 4.78. The average molecular weight is 516 g/mol. The number of hydrogen-bond donors (Lipinski definition) is 2. The summed E-state index contributed by atoms with van der Waals surface area (Å²) in [5, 5.41) is 5.46. The molecule has 194 valence electrons. The molecule has 0 saturated carbocycles. The van der Waals surface area contributed by atoms with E-state index in [1.165, 1.54) is 21.1 Å². The van der Waals surface area contributed by atoms with Gasteiger partial charge in [-0.05, 0) is 48.5 Å². The molecule has 0 atom stereocenters. The van der Waals surface area contributed by atoms with Crippen LogP contribution < -0.4 is 20.1 Å². The molecule has 38 heavy (non-hydrogen) atoms. The largest absolute Gasteiger partial charge is 0.497 e. The third kappa shape index (κ3) is 6.16. The predicted molar refractivity (Wildman–Crippen MR) is 140 cm³/mol. The molecule has 1 aromatic heterocycles. The molecule has 0 bridgehead atoms. The van der Waals surface area contributed by atoms with Crippen LogP contribution in [0, 0.1) is 0 Å². The number of ether oxygens (including phenoxy) is 3. The standard InChI is InChI=1S/C28H25N3O7/c1-17(32)37-16-24(33)29-20-11-9-18(10-12-20)26-25(31-28(38-26)19-7-5-4-6-8-19)27(34)30-22-15-21(35-2)13-14-23(22)36-3/h4-15H,16H2,1-3H3,(H,29,33)(H,30,34). The number of benzene rings is 3. The monoisotopic (exact) mass is 515 g/mol. The van der Waals surface area contributed by atoms with Crippen molar-refractivity contribution in [3.63, 3.8) is 0 Å². The van der Waals surface area contributed by atoms with Gasteiger partial charge in [0.2, 0.25) is 5.89 Å². The van der Waals surface area contributed by atoms with Crippen LogP contribution in [0.25, 0.3) is 22.8 Å². The van der Waals surface area contributed by atoms with Gasteiger partial charge in [0.1, 0.15) is 11.5 Å². The Bertz CT molecular complexity index is 1450. The first kappa shape index (κ1) is 26.0. The van der Waals surface area contributed by atoms with Gasteiger partial charge in [-0.15, -0.1) is 0 Å². The highest BCUT2D eigenvalue weighted by Gasteiger charge is 2.23. The molecule has 4 rings (SSSR count). The van der Waals surface area contributed by atoms with E-state index in [9.17, 15) is 14.4 Å². The summed E-state index contributed by atoms with van der Waals surface area (Å²) in [6, 6.07) is 20.9. The highest BCUT2D eigenvalue weighted by atomic mass is 16.5. The zero-order valence-corrected chi connectivity index (χ0v) is 20.9. The third-order valence-electron chi connectivity index (χ3n) is 5.36. The molecular formula is C28H25N3O7. The molecule has 4 aromatic rings. The van der Waals surface area contributed by atoms with Gasteiger partial charge in [-0.1, -0.05) is 18.2 Å². The summed E-state index contributed by atoms with van der Waals surface area (Å²) in [7, 11) is 3.02. The van der Waals surface area contributed by atoms with Crippen LogP contribution in [0.5, 0.6) is 11.5 Å². The van der Waals surface area contributed by atoms with Gasteiger partial charge in [-0.2, -0.15) is 0 Å². The van der Waals surface area contributed by atoms with E-state index in [4.69, 9.17) is 18.6 Å². The summed E-state index contributed by atoms with van der Waals surface area (Å²) >= 11 is 0. The molecule has 0 saturated heterocycles. The van der Waals surface area contributed by atoms with E-state index in [2.05, 4.69) is 15.6 Å². The van der Waals surface area contributed by atoms with E-state index in [1.807, 2.05) is 30.3 Å². The Kier molecular flexibility index (Phi) is 8.02. The highest BCUT2D eigenvalue weighted by molar-refractivity contribution is 6.07. The van der Waals surface area contributed by atoms with Gasteiger partial charge in [0.25, 0.3) is 11.8 Å². The second-order valence-corrected chi connectivity index (χ2v) is 7.99. The maximum Gasteiger partial charge on any atom is 0.303 e. The van der Waals surface area contributed by atoms with E-state index < -0.39 is 24.4 Å². The second-order valence-electron chi connectivity index (χ2n) is 7.99. The van der Waals surface area contributed by atoms with Crippen molar-refractivity contribution in [2.24, 2.45) is 0 Å². The Morgan fingerprint density at radius 2 is 1.61 bits per heavy atom. The van der Waals surface area contributed by atoms with Gasteiger partial charge in [0, 0.05) is 29.8 Å². The lowest BCUT2D eigenvalue weighted by Crippen LogP contribution is -2.19. The van der Waals surface area contributed by atoms with Crippen molar-refractivity contribution in [3.05, 3.63) is 78.5 Å². The summed E-state index contributed by atoms with van der Waals surface area (Å²) in [4.78, 5) is 40.8. The van der Waals surface area contributed by atoms with Crippen molar-refractivity contribution < 1.29 is 33.0 Å². The first-order chi connectivity index (χ1) is 18.4. The Labute approximate surface area is 218 Å². The number of anilines is 2. The van der Waals surface area contributed by atoms with Gasteiger partial charge in [0.05, 0.1) is 19.9 Å². The van der Waals surface area contributed by atoms with Crippen molar-refractivity contribution in [2.45, 2.75) is 6.92 Å². The van der Waals surface area contributed by atoms with Crippen LogP contribution in [0.1, 0.15) is 17.4 Å². The fourth-order valence-corrected chi connectivity index (χ4v) is 3.54. The number of nitrogens with zero attached hydrogens (tertiary/aromatic N) is 1. The third-order valence-corrected chi connectivity index (χ3v) is 5.36. The van der Waals surface area contributed by atoms with Crippen LogP contribution in [0.3, 0.4) is 0 Å². The molecule has 0 radical (unpaired) electrons. The summed E-state index contributed by atoms with van der Waals surface area (Å²) < 4.78 is 21.4. The lowest BCUT2D eigenvalue weighted by Gasteiger charge is -2.11. The molecule has 0 aliphatic rings. The molecule has 0 aliphatic carbocycles. The molecule has 0 fully saturated rings. The number of carbonyl (C=O) groups is 3. The quantitative estimate of drug-likeness (QED) is 0.305. The van der Waals surface area contributed by atoms with Gasteiger partial charge < -0.3 is 29.3 Å². The van der Waals surface area contributed by atoms with Crippen molar-refractivity contribution >= 4 is 29.2 Å². The number of hydrogen-bond acceptors (Lipinski definition) is 8. The van der Waals surface area contributed by atoms with E-state index in [0.717, 1.165) is 0 Å². The number of methoxy groups -OCH3 is 2. The molecule has 1 heterocycles. The summed E-state index contributed by atoms with van der Waals surface area (Å²) in [6.07, 6.45) is 0. The van der Waals surface area contributed by atoms with Gasteiger partial charge in [-0.3, -0.25) is 14.4 Å². The van der Waals surface area contributed by atoms with Crippen LogP contribution in [0.15, 0.2) is 77.2 Å². The topological polar surface area (TPSA) is 129 Å². The number of amides is 2. The zero-order chi connectivity index (χ0) is 27.1. The van der Waals surface area contributed by atoms with Crippen LogP contribution >= 0.6 is 0 Å². The number of oxazole rings is 1. The Morgan fingerprint density at radius 1 is 0.868 bits per heavy atom. The first-order valence-electron chi connectivity index (χ1n) is 11.5. The molecule has 0 aliphatic heterocycles. The summed E-state index contributed by atoms with van der Waals surface area (Å²) in [5.41, 5.74) is 2.18. The second kappa shape index (κ2) is 11.7. The highest BCUT2D eigenvalue weighted by Crippen LogP contribution is 2.33. The van der Waals surface area contributed by atoms with Crippen LogP contribution in [-0.2, 0) is 14.3 Å². The summed E-state index contributed by atoms with van der Waals surface area (Å²) in [6.45, 7) is 0.832. The van der Waals surface area contributed by atoms with Gasteiger partial charge in [0.15, 0.2) is 18.1 Å². The molecule has 10 nitrogen and oxygen atoms in total. The fraction of sp³-hybridized carbons (Fsp3) is 0.143. The van der Waals surface area contributed by atoms with Gasteiger partial charge >= 0.3 is 5.97 Å². The molecule has 0 unspecified atom stereocenters. The van der Waals surface area contributed by atoms with E-state index in [-0.39, 0.29) is 17.3 Å². The Hall–Kier alpha value is -5.12. The minimum atomic E-state index is -0.549. The number of aromatic nitrogens is 1. The number of rotatable bonds is 9. The van der Waals surface area contributed by atoms with Crippen molar-refractivity contribution in [3.8, 4) is 34.3 Å². The molecule has 2 N–H and O–H groups in total. The minimum absolute atomic E-state index is 0.0559. The van der Waals surface area contributed by atoms with Crippen molar-refractivity contribution in [1.82, 2.24) is 4.98 Å². The summed E-state index contributed by atoms with van der Waals surface area (Å²) in [5.74, 6) is -0.0582. The molecule has 10 heteroatoms. The number of carbonyl (C=O) groups excluding carboxylic acids is 3. The van der Waals surface area contributed by atoms with Gasteiger partial charge in [-0.25, -0.2) is 4.98 Å². The zero-order valence-electron chi connectivity index (χ0n) is 20.9. The first-order valence-corrected chi connectivity index (χ1v) is 11.5. The molecule has 2 amide bonds. The van der Waals surface area contributed by atoms with Crippen LogP contribution in [0.2, 0.25) is 0 Å². The van der Waals surface area contributed by atoms with E-state index >= 15 is 0 Å². The van der Waals surface area contributed by atoms with Crippen LogP contribution in [-0.4, -0.2) is 43.6 Å².